The van der Waals surface area contributed by atoms with Crippen LogP contribution in [0.2, 0.25) is 0 Å². The molecular formula is C15H19N3O3. The summed E-state index contributed by atoms with van der Waals surface area (Å²) in [4.78, 5) is 12.0. The van der Waals surface area contributed by atoms with E-state index in [0.717, 1.165) is 11.3 Å². The van der Waals surface area contributed by atoms with E-state index in [0.29, 0.717) is 18.7 Å². The molecule has 6 heteroatoms. The van der Waals surface area contributed by atoms with Crippen molar-refractivity contribution in [3.63, 3.8) is 0 Å². The van der Waals surface area contributed by atoms with Gasteiger partial charge >= 0.3 is 0 Å². The van der Waals surface area contributed by atoms with Gasteiger partial charge in [0, 0.05) is 32.3 Å². The van der Waals surface area contributed by atoms with Crippen molar-refractivity contribution in [1.82, 2.24) is 15.1 Å². The summed E-state index contributed by atoms with van der Waals surface area (Å²) in [5.74, 6) is 0.0952. The van der Waals surface area contributed by atoms with E-state index in [-0.39, 0.29) is 17.2 Å². The quantitative estimate of drug-likeness (QED) is 0.872. The topological polar surface area (TPSA) is 76.4 Å². The largest absolute Gasteiger partial charge is 0.507 e. The highest BCUT2D eigenvalue weighted by Gasteiger charge is 2.12. The van der Waals surface area contributed by atoms with E-state index in [9.17, 15) is 9.90 Å². The number of carbonyl (C=O) groups excluding carboxylic acids is 1. The number of amides is 1. The van der Waals surface area contributed by atoms with Gasteiger partial charge in [0.25, 0.3) is 5.91 Å². The van der Waals surface area contributed by atoms with Gasteiger partial charge < -0.3 is 15.2 Å². The van der Waals surface area contributed by atoms with E-state index in [1.165, 1.54) is 19.2 Å². The van der Waals surface area contributed by atoms with Gasteiger partial charge in [-0.15, -0.1) is 0 Å². The Balaban J connectivity index is 1.94. The Bertz CT molecular complexity index is 650. The van der Waals surface area contributed by atoms with Crippen molar-refractivity contribution >= 4 is 5.91 Å². The number of carbonyl (C=O) groups is 1. The van der Waals surface area contributed by atoms with Crippen LogP contribution in [0.15, 0.2) is 24.4 Å². The van der Waals surface area contributed by atoms with Crippen molar-refractivity contribution < 1.29 is 14.6 Å². The zero-order valence-corrected chi connectivity index (χ0v) is 12.4. The van der Waals surface area contributed by atoms with Crippen LogP contribution in [0.5, 0.6) is 11.5 Å². The normalized spacial score (nSPS) is 10.4. The molecule has 1 heterocycles. The lowest BCUT2D eigenvalue weighted by Gasteiger charge is -2.08. The molecule has 112 valence electrons. The third-order valence-corrected chi connectivity index (χ3v) is 3.21. The Labute approximate surface area is 123 Å². The monoisotopic (exact) mass is 289 g/mol. The third-order valence-electron chi connectivity index (χ3n) is 3.21. The van der Waals surface area contributed by atoms with Crippen molar-refractivity contribution in [3.05, 3.63) is 41.2 Å². The molecule has 0 aliphatic rings. The first kappa shape index (κ1) is 14.9. The second-order valence-corrected chi connectivity index (χ2v) is 4.82. The molecule has 0 aliphatic heterocycles. The number of phenols is 1. The van der Waals surface area contributed by atoms with E-state index >= 15 is 0 Å². The highest BCUT2D eigenvalue weighted by atomic mass is 16.5. The molecule has 1 amide bonds. The first-order valence-electron chi connectivity index (χ1n) is 6.65. The minimum atomic E-state index is -0.316. The van der Waals surface area contributed by atoms with E-state index in [1.807, 2.05) is 20.2 Å². The molecule has 0 unspecified atom stereocenters. The van der Waals surface area contributed by atoms with Crippen molar-refractivity contribution in [1.29, 1.82) is 0 Å². The van der Waals surface area contributed by atoms with Crippen LogP contribution in [0.3, 0.4) is 0 Å². The number of aromatic nitrogens is 2. The number of phenolic OH excluding ortho intramolecular Hbond substituents is 1. The average molecular weight is 289 g/mol. The van der Waals surface area contributed by atoms with Crippen LogP contribution >= 0.6 is 0 Å². The molecule has 1 aromatic heterocycles. The predicted molar refractivity (Wildman–Crippen MR) is 78.6 cm³/mol. The molecule has 0 radical (unpaired) electrons. The molecule has 0 bridgehead atoms. The maximum atomic E-state index is 12.0. The number of rotatable bonds is 5. The van der Waals surface area contributed by atoms with E-state index in [4.69, 9.17) is 4.74 Å². The Hall–Kier alpha value is -2.50. The summed E-state index contributed by atoms with van der Waals surface area (Å²) < 4.78 is 6.73. The maximum absolute atomic E-state index is 12.0. The fraction of sp³-hybridized carbons (Fsp3) is 0.333. The van der Waals surface area contributed by atoms with Gasteiger partial charge in [-0.1, -0.05) is 0 Å². The lowest BCUT2D eigenvalue weighted by Crippen LogP contribution is -2.26. The summed E-state index contributed by atoms with van der Waals surface area (Å²) in [6.07, 6.45) is 2.59. The van der Waals surface area contributed by atoms with Gasteiger partial charge in [0.1, 0.15) is 11.5 Å². The van der Waals surface area contributed by atoms with Gasteiger partial charge in [-0.25, -0.2) is 0 Å². The minimum absolute atomic E-state index is 0.0964. The first-order chi connectivity index (χ1) is 10.0. The molecule has 0 saturated heterocycles. The fourth-order valence-electron chi connectivity index (χ4n) is 2.12. The fourth-order valence-corrected chi connectivity index (χ4v) is 2.12. The molecule has 2 rings (SSSR count). The van der Waals surface area contributed by atoms with Crippen molar-refractivity contribution in [2.45, 2.75) is 13.3 Å². The maximum Gasteiger partial charge on any atom is 0.255 e. The number of hydrogen-bond donors (Lipinski definition) is 2. The number of aromatic hydroxyl groups is 1. The number of aryl methyl sites for hydroxylation is 2. The first-order valence-corrected chi connectivity index (χ1v) is 6.65. The van der Waals surface area contributed by atoms with Crippen LogP contribution in [-0.4, -0.2) is 34.4 Å². The second kappa shape index (κ2) is 6.30. The average Bonchev–Trinajstić information content (AvgIpc) is 2.76. The molecular weight excluding hydrogens is 270 g/mol. The van der Waals surface area contributed by atoms with Gasteiger partial charge in [0.05, 0.1) is 18.4 Å². The summed E-state index contributed by atoms with van der Waals surface area (Å²) in [6, 6.07) is 4.59. The molecule has 2 aromatic rings. The molecule has 0 spiro atoms. The van der Waals surface area contributed by atoms with E-state index in [2.05, 4.69) is 10.4 Å². The summed E-state index contributed by atoms with van der Waals surface area (Å²) in [5, 5.41) is 16.9. The molecule has 0 fully saturated rings. The lowest BCUT2D eigenvalue weighted by molar-refractivity contribution is 0.0951. The zero-order chi connectivity index (χ0) is 15.4. The minimum Gasteiger partial charge on any atom is -0.507 e. The molecule has 2 N–H and O–H groups in total. The standard InChI is InChI=1S/C15H19N3O3/c1-10-9-18(2)17-13(10)6-7-16-15(20)12-5-4-11(21-3)8-14(12)19/h4-5,8-9,19H,6-7H2,1-3H3,(H,16,20). The van der Waals surface area contributed by atoms with Crippen LogP contribution in [0.25, 0.3) is 0 Å². The Morgan fingerprint density at radius 2 is 2.24 bits per heavy atom. The van der Waals surface area contributed by atoms with Crippen LogP contribution in [-0.2, 0) is 13.5 Å². The Kier molecular flexibility index (Phi) is 4.47. The van der Waals surface area contributed by atoms with Gasteiger partial charge in [0.2, 0.25) is 0 Å². The molecule has 0 atom stereocenters. The van der Waals surface area contributed by atoms with Gasteiger partial charge in [0.15, 0.2) is 0 Å². The summed E-state index contributed by atoms with van der Waals surface area (Å²) >= 11 is 0. The molecule has 1 aromatic carbocycles. The highest BCUT2D eigenvalue weighted by Crippen LogP contribution is 2.23. The van der Waals surface area contributed by atoms with Crippen molar-refractivity contribution in [2.24, 2.45) is 7.05 Å². The van der Waals surface area contributed by atoms with Gasteiger partial charge in [-0.3, -0.25) is 9.48 Å². The van der Waals surface area contributed by atoms with Crippen molar-refractivity contribution in [2.75, 3.05) is 13.7 Å². The van der Waals surface area contributed by atoms with E-state index in [1.54, 1.807) is 10.7 Å². The number of benzene rings is 1. The van der Waals surface area contributed by atoms with Crippen LogP contribution < -0.4 is 10.1 Å². The predicted octanol–water partition coefficient (Wildman–Crippen LogP) is 1.42. The molecule has 0 saturated carbocycles. The summed E-state index contributed by atoms with van der Waals surface area (Å²) in [5.41, 5.74) is 2.28. The molecule has 6 nitrogen and oxygen atoms in total. The SMILES string of the molecule is COc1ccc(C(=O)NCCc2nn(C)cc2C)c(O)c1. The smallest absolute Gasteiger partial charge is 0.255 e. The number of nitrogens with zero attached hydrogens (tertiary/aromatic N) is 2. The third kappa shape index (κ3) is 3.53. The van der Waals surface area contributed by atoms with Crippen LogP contribution in [0.1, 0.15) is 21.6 Å². The van der Waals surface area contributed by atoms with Gasteiger partial charge in [-0.05, 0) is 24.6 Å². The lowest BCUT2D eigenvalue weighted by atomic mass is 10.1. The molecule has 0 aliphatic carbocycles. The highest BCUT2D eigenvalue weighted by molar-refractivity contribution is 5.96. The van der Waals surface area contributed by atoms with Crippen LogP contribution in [0, 0.1) is 6.92 Å². The van der Waals surface area contributed by atoms with Crippen LogP contribution in [0.4, 0.5) is 0 Å². The number of nitrogens with one attached hydrogen (secondary N) is 1. The van der Waals surface area contributed by atoms with Gasteiger partial charge in [-0.2, -0.15) is 5.10 Å². The number of methoxy groups -OCH3 is 1. The summed E-state index contributed by atoms with van der Waals surface area (Å²) in [7, 11) is 3.37. The Morgan fingerprint density at radius 1 is 1.48 bits per heavy atom. The van der Waals surface area contributed by atoms with Crippen molar-refractivity contribution in [3.8, 4) is 11.5 Å². The van der Waals surface area contributed by atoms with E-state index < -0.39 is 0 Å². The number of ether oxygens (including phenoxy) is 1. The summed E-state index contributed by atoms with van der Waals surface area (Å²) in [6.45, 7) is 2.45. The zero-order valence-electron chi connectivity index (χ0n) is 12.4. The Morgan fingerprint density at radius 3 is 2.81 bits per heavy atom. The number of hydrogen-bond acceptors (Lipinski definition) is 4. The molecule has 21 heavy (non-hydrogen) atoms. The second-order valence-electron chi connectivity index (χ2n) is 4.82.